The molecular weight excluding hydrogens is 414 g/mol. The number of nitro benzene ring substituents is 1. The van der Waals surface area contributed by atoms with Crippen molar-refractivity contribution in [1.29, 1.82) is 0 Å². The molecule has 0 saturated heterocycles. The zero-order valence-corrected chi connectivity index (χ0v) is 19.1. The lowest BCUT2D eigenvalue weighted by atomic mass is 10.1. The zero-order chi connectivity index (χ0) is 23.0. The molecular formula is C23H29N3O4S. The van der Waals surface area contributed by atoms with Crippen molar-refractivity contribution in [2.75, 3.05) is 5.75 Å². The van der Waals surface area contributed by atoms with Crippen LogP contribution in [0.15, 0.2) is 48.5 Å². The number of carbonyl (C=O) groups is 2. The molecule has 8 heteroatoms. The van der Waals surface area contributed by atoms with E-state index in [2.05, 4.69) is 5.32 Å². The van der Waals surface area contributed by atoms with Gasteiger partial charge in [0.15, 0.2) is 0 Å². The molecule has 0 saturated carbocycles. The Bertz CT molecular complexity index is 915. The third-order valence-corrected chi connectivity index (χ3v) is 5.83. The van der Waals surface area contributed by atoms with Crippen molar-refractivity contribution in [3.63, 3.8) is 0 Å². The largest absolute Gasteiger partial charge is 0.352 e. The van der Waals surface area contributed by atoms with Gasteiger partial charge >= 0.3 is 0 Å². The van der Waals surface area contributed by atoms with E-state index >= 15 is 0 Å². The van der Waals surface area contributed by atoms with Crippen LogP contribution in [0.4, 0.5) is 5.69 Å². The molecule has 0 aliphatic rings. The maximum absolute atomic E-state index is 13.1. The first-order valence-corrected chi connectivity index (χ1v) is 11.3. The summed E-state index contributed by atoms with van der Waals surface area (Å²) in [6.45, 7) is 7.86. The summed E-state index contributed by atoms with van der Waals surface area (Å²) in [6.07, 6.45) is 0. The molecule has 2 amide bonds. The summed E-state index contributed by atoms with van der Waals surface area (Å²) in [4.78, 5) is 37.6. The van der Waals surface area contributed by atoms with Gasteiger partial charge in [-0.1, -0.05) is 36.4 Å². The van der Waals surface area contributed by atoms with Crippen molar-refractivity contribution < 1.29 is 14.5 Å². The van der Waals surface area contributed by atoms with Crippen LogP contribution in [-0.2, 0) is 21.9 Å². The van der Waals surface area contributed by atoms with Crippen LogP contribution in [0.1, 0.15) is 37.5 Å². The van der Waals surface area contributed by atoms with E-state index in [-0.39, 0.29) is 29.3 Å². The Kier molecular flexibility index (Phi) is 9.05. The van der Waals surface area contributed by atoms with Crippen LogP contribution in [0.25, 0.3) is 0 Å². The molecule has 0 bridgehead atoms. The number of nitrogens with one attached hydrogen (secondary N) is 1. The highest BCUT2D eigenvalue weighted by Gasteiger charge is 2.26. The van der Waals surface area contributed by atoms with Gasteiger partial charge in [-0.2, -0.15) is 0 Å². The van der Waals surface area contributed by atoms with Gasteiger partial charge in [0.05, 0.1) is 10.7 Å². The highest BCUT2D eigenvalue weighted by atomic mass is 32.2. The monoisotopic (exact) mass is 443 g/mol. The molecule has 0 fully saturated rings. The fourth-order valence-corrected chi connectivity index (χ4v) is 3.88. The summed E-state index contributed by atoms with van der Waals surface area (Å²) in [5.74, 6) is 0.454. The van der Waals surface area contributed by atoms with Gasteiger partial charge in [0, 0.05) is 30.5 Å². The lowest BCUT2D eigenvalue weighted by molar-refractivity contribution is -0.384. The Morgan fingerprint density at radius 3 is 2.32 bits per heavy atom. The number of carbonyl (C=O) groups excluding carboxylic acids is 2. The molecule has 0 aliphatic carbocycles. The quantitative estimate of drug-likeness (QED) is 0.441. The molecule has 0 radical (unpaired) electrons. The van der Waals surface area contributed by atoms with Gasteiger partial charge in [0.25, 0.3) is 5.69 Å². The Morgan fingerprint density at radius 2 is 1.74 bits per heavy atom. The normalized spacial score (nSPS) is 11.8. The maximum Gasteiger partial charge on any atom is 0.269 e. The zero-order valence-electron chi connectivity index (χ0n) is 18.3. The summed E-state index contributed by atoms with van der Waals surface area (Å²) >= 11 is 1.42. The van der Waals surface area contributed by atoms with Gasteiger partial charge in [-0.3, -0.25) is 19.7 Å². The predicted molar refractivity (Wildman–Crippen MR) is 124 cm³/mol. The number of amides is 2. The smallest absolute Gasteiger partial charge is 0.269 e. The predicted octanol–water partition coefficient (Wildman–Crippen LogP) is 4.08. The summed E-state index contributed by atoms with van der Waals surface area (Å²) < 4.78 is 0. The van der Waals surface area contributed by atoms with Crippen LogP contribution in [0.3, 0.4) is 0 Å². The van der Waals surface area contributed by atoms with Gasteiger partial charge in [0.2, 0.25) is 11.8 Å². The molecule has 2 aromatic rings. The lowest BCUT2D eigenvalue weighted by Crippen LogP contribution is -2.49. The SMILES string of the molecule is Cc1ccccc1CN(C(=O)CSCc1ccc([N+](=O)[O-])cc1)C(C)C(=O)NC(C)C. The van der Waals surface area contributed by atoms with Crippen molar-refractivity contribution in [3.8, 4) is 0 Å². The van der Waals surface area contributed by atoms with Gasteiger partial charge in [-0.25, -0.2) is 0 Å². The van der Waals surface area contributed by atoms with Crippen molar-refractivity contribution in [2.24, 2.45) is 0 Å². The summed E-state index contributed by atoms with van der Waals surface area (Å²) in [5, 5.41) is 13.6. The molecule has 7 nitrogen and oxygen atoms in total. The summed E-state index contributed by atoms with van der Waals surface area (Å²) in [7, 11) is 0. The van der Waals surface area contributed by atoms with Crippen LogP contribution in [0.5, 0.6) is 0 Å². The van der Waals surface area contributed by atoms with E-state index in [1.54, 1.807) is 24.0 Å². The minimum Gasteiger partial charge on any atom is -0.352 e. The molecule has 166 valence electrons. The summed E-state index contributed by atoms with van der Waals surface area (Å²) in [5.41, 5.74) is 3.01. The van der Waals surface area contributed by atoms with E-state index < -0.39 is 11.0 Å². The van der Waals surface area contributed by atoms with E-state index in [0.717, 1.165) is 16.7 Å². The number of thioether (sulfide) groups is 1. The summed E-state index contributed by atoms with van der Waals surface area (Å²) in [6, 6.07) is 13.5. The third-order valence-electron chi connectivity index (χ3n) is 4.84. The van der Waals surface area contributed by atoms with E-state index in [0.29, 0.717) is 12.3 Å². The van der Waals surface area contributed by atoms with E-state index in [1.807, 2.05) is 45.0 Å². The van der Waals surface area contributed by atoms with Gasteiger partial charge < -0.3 is 10.2 Å². The lowest BCUT2D eigenvalue weighted by Gasteiger charge is -2.30. The van der Waals surface area contributed by atoms with E-state index in [1.165, 1.54) is 23.9 Å². The van der Waals surface area contributed by atoms with Crippen LogP contribution in [-0.4, -0.2) is 39.5 Å². The van der Waals surface area contributed by atoms with Crippen molar-refractivity contribution in [3.05, 3.63) is 75.3 Å². The number of hydrogen-bond acceptors (Lipinski definition) is 5. The molecule has 1 atom stereocenters. The first-order valence-electron chi connectivity index (χ1n) is 10.1. The van der Waals surface area contributed by atoms with Gasteiger partial charge in [-0.05, 0) is 44.4 Å². The Balaban J connectivity index is 2.06. The van der Waals surface area contributed by atoms with Gasteiger partial charge in [0.1, 0.15) is 6.04 Å². The Morgan fingerprint density at radius 1 is 1.10 bits per heavy atom. The van der Waals surface area contributed by atoms with E-state index in [4.69, 9.17) is 0 Å². The number of rotatable bonds is 10. The first-order chi connectivity index (χ1) is 14.7. The van der Waals surface area contributed by atoms with Crippen LogP contribution in [0.2, 0.25) is 0 Å². The molecule has 0 spiro atoms. The minimum absolute atomic E-state index is 0.0122. The number of aryl methyl sites for hydroxylation is 1. The highest BCUT2D eigenvalue weighted by Crippen LogP contribution is 2.19. The fourth-order valence-electron chi connectivity index (χ4n) is 3.01. The average molecular weight is 444 g/mol. The molecule has 2 rings (SSSR count). The van der Waals surface area contributed by atoms with Crippen molar-refractivity contribution in [1.82, 2.24) is 10.2 Å². The topological polar surface area (TPSA) is 92.6 Å². The molecule has 1 unspecified atom stereocenters. The number of nitrogens with zero attached hydrogens (tertiary/aromatic N) is 2. The standard InChI is InChI=1S/C23H29N3O4S/c1-16(2)24-23(28)18(4)25(13-20-8-6-5-7-17(20)3)22(27)15-31-14-19-9-11-21(12-10-19)26(29)30/h5-12,16,18H,13-15H2,1-4H3,(H,24,28). The van der Waals surface area contributed by atoms with Gasteiger partial charge in [-0.15, -0.1) is 11.8 Å². The second-order valence-electron chi connectivity index (χ2n) is 7.70. The molecule has 0 aromatic heterocycles. The number of nitro groups is 1. The molecule has 0 aliphatic heterocycles. The van der Waals surface area contributed by atoms with Crippen molar-refractivity contribution in [2.45, 2.75) is 52.1 Å². The Hall–Kier alpha value is -2.87. The van der Waals surface area contributed by atoms with E-state index in [9.17, 15) is 19.7 Å². The molecule has 31 heavy (non-hydrogen) atoms. The minimum atomic E-state index is -0.602. The maximum atomic E-state index is 13.1. The van der Waals surface area contributed by atoms with Crippen molar-refractivity contribution >= 4 is 29.3 Å². The number of hydrogen-bond donors (Lipinski definition) is 1. The fraction of sp³-hybridized carbons (Fsp3) is 0.391. The van der Waals surface area contributed by atoms with Crippen LogP contribution < -0.4 is 5.32 Å². The third kappa shape index (κ3) is 7.40. The number of non-ortho nitro benzene ring substituents is 1. The highest BCUT2D eigenvalue weighted by molar-refractivity contribution is 7.99. The first kappa shape index (κ1) is 24.4. The second-order valence-corrected chi connectivity index (χ2v) is 8.69. The molecule has 0 heterocycles. The average Bonchev–Trinajstić information content (AvgIpc) is 2.72. The molecule has 1 N–H and O–H groups in total. The Labute approximate surface area is 187 Å². The van der Waals surface area contributed by atoms with Crippen LogP contribution in [0, 0.1) is 17.0 Å². The second kappa shape index (κ2) is 11.5. The number of benzene rings is 2. The molecule has 2 aromatic carbocycles. The van der Waals surface area contributed by atoms with Crippen LogP contribution >= 0.6 is 11.8 Å².